The van der Waals surface area contributed by atoms with Crippen molar-refractivity contribution in [3.8, 4) is 0 Å². The molecule has 8 nitrogen and oxygen atoms in total. The van der Waals surface area contributed by atoms with E-state index in [0.29, 0.717) is 13.0 Å². The second-order valence-corrected chi connectivity index (χ2v) is 16.7. The largest absolute Gasteiger partial charge is 0.472 e. The fourth-order valence-corrected chi connectivity index (χ4v) is 7.35. The van der Waals surface area contributed by atoms with Crippen LogP contribution in [0.25, 0.3) is 0 Å². The average Bonchev–Trinajstić information content (AvgIpc) is 3.15. The van der Waals surface area contributed by atoms with Crippen LogP contribution in [0.3, 0.4) is 0 Å². The van der Waals surface area contributed by atoms with Crippen LogP contribution in [0.15, 0.2) is 12.2 Å². The molecule has 3 N–H and O–H groups in total. The summed E-state index contributed by atoms with van der Waals surface area (Å²) >= 11 is 0. The molecular formula is C44H88NO7P. The molecule has 0 aromatic rings. The van der Waals surface area contributed by atoms with Crippen LogP contribution >= 0.6 is 7.82 Å². The number of nitrogens with two attached hydrogens (primary N) is 1. The monoisotopic (exact) mass is 774 g/mol. The van der Waals surface area contributed by atoms with Gasteiger partial charge < -0.3 is 20.1 Å². The summed E-state index contributed by atoms with van der Waals surface area (Å²) in [6, 6.07) is 0. The number of ether oxygens (including phenoxy) is 2. The molecule has 0 amide bonds. The fraction of sp³-hybridized carbons (Fsp3) is 0.932. The highest BCUT2D eigenvalue weighted by atomic mass is 31.2. The van der Waals surface area contributed by atoms with E-state index in [4.69, 9.17) is 24.3 Å². The lowest BCUT2D eigenvalue weighted by atomic mass is 10.0. The molecule has 0 saturated heterocycles. The first-order valence-electron chi connectivity index (χ1n) is 22.7. The van der Waals surface area contributed by atoms with Crippen molar-refractivity contribution < 1.29 is 32.8 Å². The Kier molecular flexibility index (Phi) is 41.8. The Balaban J connectivity index is 3.90. The van der Waals surface area contributed by atoms with Gasteiger partial charge in [0.05, 0.1) is 19.8 Å². The summed E-state index contributed by atoms with van der Waals surface area (Å²) in [7, 11) is -4.27. The molecule has 2 unspecified atom stereocenters. The standard InChI is InChI=1S/C44H88NO7P/c1-3-5-7-9-11-13-15-16-17-18-19-20-21-22-23-24-25-26-27-29-31-33-35-37-44(46)52-43(42-51-53(47,48)50-40-38-45)41-49-39-36-34-32-30-28-14-12-10-8-6-4-2/h18-19,43H,3-17,20-42,45H2,1-2H3,(H,47,48)/b19-18-. The third-order valence-electron chi connectivity index (χ3n) is 9.93. The summed E-state index contributed by atoms with van der Waals surface area (Å²) in [5, 5.41) is 0. The zero-order chi connectivity index (χ0) is 38.8. The van der Waals surface area contributed by atoms with E-state index in [1.165, 1.54) is 173 Å². The van der Waals surface area contributed by atoms with Crippen LogP contribution < -0.4 is 5.73 Å². The first-order valence-corrected chi connectivity index (χ1v) is 24.2. The van der Waals surface area contributed by atoms with Crippen molar-refractivity contribution in [2.24, 2.45) is 5.73 Å². The number of rotatable bonds is 44. The molecule has 0 aliphatic heterocycles. The van der Waals surface area contributed by atoms with Gasteiger partial charge in [-0.05, 0) is 38.5 Å². The van der Waals surface area contributed by atoms with Crippen LogP contribution in [-0.2, 0) is 27.9 Å². The van der Waals surface area contributed by atoms with E-state index in [2.05, 4.69) is 26.0 Å². The molecule has 9 heteroatoms. The van der Waals surface area contributed by atoms with E-state index >= 15 is 0 Å². The topological polar surface area (TPSA) is 117 Å². The van der Waals surface area contributed by atoms with Gasteiger partial charge in [0, 0.05) is 19.6 Å². The van der Waals surface area contributed by atoms with Gasteiger partial charge in [-0.2, -0.15) is 0 Å². The lowest BCUT2D eigenvalue weighted by Crippen LogP contribution is -2.28. The van der Waals surface area contributed by atoms with Crippen molar-refractivity contribution in [3.05, 3.63) is 12.2 Å². The van der Waals surface area contributed by atoms with E-state index in [9.17, 15) is 14.3 Å². The smallest absolute Gasteiger partial charge is 0.457 e. The highest BCUT2D eigenvalue weighted by Gasteiger charge is 2.25. The van der Waals surface area contributed by atoms with Gasteiger partial charge in [0.2, 0.25) is 0 Å². The second kappa shape index (κ2) is 42.4. The molecule has 0 aliphatic carbocycles. The van der Waals surface area contributed by atoms with E-state index < -0.39 is 13.9 Å². The minimum atomic E-state index is -4.27. The SMILES string of the molecule is CCCCCCCCCC/C=C\CCCCCCCCCCCCCC(=O)OC(COCCCCCCCCCCCCC)COP(=O)(O)OCCN. The number of carbonyl (C=O) groups excluding carboxylic acids is 1. The Bertz CT molecular complexity index is 828. The predicted octanol–water partition coefficient (Wildman–Crippen LogP) is 13.5. The number of unbranched alkanes of at least 4 members (excludes halogenated alkanes) is 29. The molecule has 0 bridgehead atoms. The van der Waals surface area contributed by atoms with Crippen LogP contribution in [0.1, 0.15) is 226 Å². The van der Waals surface area contributed by atoms with Gasteiger partial charge >= 0.3 is 13.8 Å². The quantitative estimate of drug-likeness (QED) is 0.0272. The average molecular weight is 774 g/mol. The van der Waals surface area contributed by atoms with Crippen LogP contribution in [0.5, 0.6) is 0 Å². The number of hydrogen-bond donors (Lipinski definition) is 2. The van der Waals surface area contributed by atoms with Crippen molar-refractivity contribution in [2.75, 3.05) is 33.0 Å². The van der Waals surface area contributed by atoms with Gasteiger partial charge in [-0.15, -0.1) is 0 Å². The summed E-state index contributed by atoms with van der Waals surface area (Å²) < 4.78 is 33.4. The molecule has 53 heavy (non-hydrogen) atoms. The number of carbonyl (C=O) groups is 1. The Labute approximate surface area is 328 Å². The third kappa shape index (κ3) is 42.2. The lowest BCUT2D eigenvalue weighted by molar-refractivity contribution is -0.154. The van der Waals surface area contributed by atoms with E-state index in [1.54, 1.807) is 0 Å². The summed E-state index contributed by atoms with van der Waals surface area (Å²) in [4.78, 5) is 22.5. The van der Waals surface area contributed by atoms with Crippen LogP contribution in [0.2, 0.25) is 0 Å². The Morgan fingerprint density at radius 1 is 0.547 bits per heavy atom. The maximum atomic E-state index is 12.6. The highest BCUT2D eigenvalue weighted by Crippen LogP contribution is 2.43. The predicted molar refractivity (Wildman–Crippen MR) is 224 cm³/mol. The molecule has 0 rings (SSSR count). The molecule has 2 atom stereocenters. The fourth-order valence-electron chi connectivity index (χ4n) is 6.58. The van der Waals surface area contributed by atoms with Crippen molar-refractivity contribution in [2.45, 2.75) is 232 Å². The molecule has 0 saturated carbocycles. The minimum Gasteiger partial charge on any atom is -0.457 e. The molecule has 0 aliphatic rings. The Morgan fingerprint density at radius 2 is 0.943 bits per heavy atom. The van der Waals surface area contributed by atoms with Crippen molar-refractivity contribution in [1.29, 1.82) is 0 Å². The first kappa shape index (κ1) is 52.2. The highest BCUT2D eigenvalue weighted by molar-refractivity contribution is 7.47. The zero-order valence-corrected chi connectivity index (χ0v) is 35.9. The Morgan fingerprint density at radius 3 is 1.38 bits per heavy atom. The maximum Gasteiger partial charge on any atom is 0.472 e. The lowest BCUT2D eigenvalue weighted by Gasteiger charge is -2.20. The minimum absolute atomic E-state index is 0.0921. The molecule has 316 valence electrons. The first-order chi connectivity index (χ1) is 25.9. The number of phosphoric acid groups is 1. The number of phosphoric ester groups is 1. The van der Waals surface area contributed by atoms with Crippen LogP contribution in [0.4, 0.5) is 0 Å². The molecule has 0 heterocycles. The van der Waals surface area contributed by atoms with Crippen molar-refractivity contribution in [1.82, 2.24) is 0 Å². The van der Waals surface area contributed by atoms with Gasteiger partial charge in [0.15, 0.2) is 0 Å². The summed E-state index contributed by atoms with van der Waals surface area (Å²) in [6.45, 7) is 4.96. The van der Waals surface area contributed by atoms with Crippen molar-refractivity contribution in [3.63, 3.8) is 0 Å². The maximum absolute atomic E-state index is 12.6. The molecular weight excluding hydrogens is 685 g/mol. The van der Waals surface area contributed by atoms with Gasteiger partial charge in [-0.25, -0.2) is 4.57 Å². The Hall–Kier alpha value is -0.760. The van der Waals surface area contributed by atoms with Crippen LogP contribution in [0, 0.1) is 0 Å². The third-order valence-corrected chi connectivity index (χ3v) is 10.9. The van der Waals surface area contributed by atoms with Crippen molar-refractivity contribution >= 4 is 13.8 Å². The molecule has 0 aromatic heterocycles. The van der Waals surface area contributed by atoms with E-state index in [0.717, 1.165) is 32.1 Å². The zero-order valence-electron chi connectivity index (χ0n) is 35.0. The molecule has 0 radical (unpaired) electrons. The summed E-state index contributed by atoms with van der Waals surface area (Å²) in [5.74, 6) is -0.327. The molecule has 0 aromatic carbocycles. The van der Waals surface area contributed by atoms with Gasteiger partial charge in [-0.1, -0.05) is 193 Å². The number of hydrogen-bond acceptors (Lipinski definition) is 7. The van der Waals surface area contributed by atoms with Gasteiger partial charge in [0.25, 0.3) is 0 Å². The second-order valence-electron chi connectivity index (χ2n) is 15.3. The van der Waals surface area contributed by atoms with E-state index in [1.807, 2.05) is 0 Å². The number of esters is 1. The van der Waals surface area contributed by atoms with Gasteiger partial charge in [0.1, 0.15) is 6.10 Å². The summed E-state index contributed by atoms with van der Waals surface area (Å²) in [5.41, 5.74) is 5.37. The van der Waals surface area contributed by atoms with Gasteiger partial charge in [-0.3, -0.25) is 13.8 Å². The molecule has 0 fully saturated rings. The molecule has 0 spiro atoms. The van der Waals surface area contributed by atoms with Crippen LogP contribution in [-0.4, -0.2) is 49.9 Å². The normalized spacial score (nSPS) is 13.5. The summed E-state index contributed by atoms with van der Waals surface area (Å²) in [6.07, 6.45) is 45.2. The van der Waals surface area contributed by atoms with E-state index in [-0.39, 0.29) is 32.3 Å². The number of allylic oxidation sites excluding steroid dienone is 2.